The van der Waals surface area contributed by atoms with Gasteiger partial charge in [0.15, 0.2) is 11.8 Å². The van der Waals surface area contributed by atoms with Crippen LogP contribution in [0, 0.1) is 6.92 Å². The van der Waals surface area contributed by atoms with E-state index in [2.05, 4.69) is 42.2 Å². The first-order chi connectivity index (χ1) is 21.9. The van der Waals surface area contributed by atoms with Crippen LogP contribution < -0.4 is 9.64 Å². The molecular formula is C37H44N4O5. The van der Waals surface area contributed by atoms with Gasteiger partial charge in [-0.1, -0.05) is 42.5 Å². The van der Waals surface area contributed by atoms with Crippen LogP contribution in [0.4, 0.5) is 5.82 Å². The van der Waals surface area contributed by atoms with Gasteiger partial charge in [0, 0.05) is 36.0 Å². The van der Waals surface area contributed by atoms with Gasteiger partial charge in [-0.3, -0.25) is 0 Å². The highest BCUT2D eigenvalue weighted by molar-refractivity contribution is 5.81. The van der Waals surface area contributed by atoms with E-state index in [4.69, 9.17) is 29.0 Å². The van der Waals surface area contributed by atoms with Crippen LogP contribution in [0.1, 0.15) is 64.8 Å². The van der Waals surface area contributed by atoms with E-state index in [0.717, 1.165) is 46.8 Å². The highest BCUT2D eigenvalue weighted by atomic mass is 16.6. The van der Waals surface area contributed by atoms with Crippen molar-refractivity contribution in [1.82, 2.24) is 14.6 Å². The van der Waals surface area contributed by atoms with E-state index >= 15 is 0 Å². The minimum absolute atomic E-state index is 0.133. The Hall–Kier alpha value is -4.21. The lowest BCUT2D eigenvalue weighted by Gasteiger charge is -2.41. The summed E-state index contributed by atoms with van der Waals surface area (Å²) in [6.45, 7) is 13.8. The minimum atomic E-state index is -0.984. The number of piperidine rings is 1. The number of ether oxygens (including phenoxy) is 4. The molecule has 3 aliphatic heterocycles. The van der Waals surface area contributed by atoms with Gasteiger partial charge in [-0.15, -0.1) is 0 Å². The number of hydrogen-bond acceptors (Lipinski definition) is 8. The topological polar surface area (TPSA) is 87.4 Å². The molecule has 9 nitrogen and oxygen atoms in total. The van der Waals surface area contributed by atoms with E-state index < -0.39 is 17.7 Å². The van der Waals surface area contributed by atoms with E-state index in [9.17, 15) is 4.79 Å². The first-order valence-corrected chi connectivity index (χ1v) is 16.0. The standard InChI is InChI=1S/C37H44N4O5/c1-24-12-11-21-44-37(6)17-19-40(20-18-37)34-32(33(35(42)43-7)46-36(3,4)5)25(2)38-31-23-29(39-41(31)34)27-14-10-13-26(22-27)28-15-8-9-16-30(28)45-24/h8-16,22-24,33H,17-21H2,1-7H3/b12-11-/t24?,33-/m0/s1. The minimum Gasteiger partial charge on any atom is -0.486 e. The number of para-hydroxylation sites is 1. The Morgan fingerprint density at radius 3 is 2.54 bits per heavy atom. The third-order valence-electron chi connectivity index (χ3n) is 8.68. The van der Waals surface area contributed by atoms with Crippen LogP contribution in [-0.4, -0.2) is 64.7 Å². The fourth-order valence-corrected chi connectivity index (χ4v) is 6.28. The van der Waals surface area contributed by atoms with Gasteiger partial charge in [0.25, 0.3) is 0 Å². The van der Waals surface area contributed by atoms with Crippen LogP contribution in [0.5, 0.6) is 5.75 Å². The summed E-state index contributed by atoms with van der Waals surface area (Å²) in [7, 11) is 1.39. The van der Waals surface area contributed by atoms with Crippen molar-refractivity contribution in [3.05, 3.63) is 78.0 Å². The van der Waals surface area contributed by atoms with Gasteiger partial charge in [0.05, 0.1) is 36.2 Å². The quantitative estimate of drug-likeness (QED) is 0.176. The molecule has 0 N–H and O–H groups in total. The van der Waals surface area contributed by atoms with Crippen molar-refractivity contribution in [3.8, 4) is 28.1 Å². The number of esters is 1. The molecule has 2 aromatic heterocycles. The van der Waals surface area contributed by atoms with Gasteiger partial charge in [-0.05, 0) is 78.2 Å². The average molecular weight is 625 g/mol. The molecule has 242 valence electrons. The second kappa shape index (κ2) is 12.5. The zero-order chi connectivity index (χ0) is 32.6. The molecule has 0 amide bonds. The first-order valence-electron chi connectivity index (χ1n) is 16.0. The third kappa shape index (κ3) is 6.52. The highest BCUT2D eigenvalue weighted by Gasteiger charge is 2.38. The van der Waals surface area contributed by atoms with Gasteiger partial charge in [-0.25, -0.2) is 9.78 Å². The maximum atomic E-state index is 13.4. The number of benzene rings is 2. The molecule has 3 aliphatic rings. The SMILES string of the molecule is COC(=O)[C@@H](OC(C)(C)C)c1c(C)nc2cc3nn2c1N1CCC(C)(CC1)OC/C=C\C(C)Oc1ccccc1-c1cccc-3c1. The number of aromatic nitrogens is 3. The molecule has 6 bridgehead atoms. The normalized spacial score (nSPS) is 21.5. The van der Waals surface area contributed by atoms with E-state index in [-0.39, 0.29) is 11.7 Å². The van der Waals surface area contributed by atoms with Crippen LogP contribution in [0.15, 0.2) is 66.7 Å². The summed E-state index contributed by atoms with van der Waals surface area (Å²) in [5.41, 5.74) is 4.87. The van der Waals surface area contributed by atoms with Crippen molar-refractivity contribution in [3.63, 3.8) is 0 Å². The van der Waals surface area contributed by atoms with Crippen molar-refractivity contribution in [2.75, 3.05) is 31.7 Å². The Labute approximate surface area is 271 Å². The number of fused-ring (bicyclic) bond motifs is 6. The van der Waals surface area contributed by atoms with Crippen molar-refractivity contribution in [2.45, 2.75) is 77.8 Å². The Kier molecular flexibility index (Phi) is 8.65. The molecule has 1 unspecified atom stereocenters. The maximum Gasteiger partial charge on any atom is 0.339 e. The summed E-state index contributed by atoms with van der Waals surface area (Å²) in [5, 5.41) is 5.14. The van der Waals surface area contributed by atoms with Crippen molar-refractivity contribution in [1.29, 1.82) is 0 Å². The summed E-state index contributed by atoms with van der Waals surface area (Å²) in [4.78, 5) is 20.6. The molecule has 46 heavy (non-hydrogen) atoms. The van der Waals surface area contributed by atoms with Crippen LogP contribution in [0.25, 0.3) is 28.0 Å². The lowest BCUT2D eigenvalue weighted by molar-refractivity contribution is -0.164. The molecule has 2 atom stereocenters. The molecule has 2 aromatic carbocycles. The van der Waals surface area contributed by atoms with E-state index in [1.165, 1.54) is 7.11 Å². The molecule has 0 saturated carbocycles. The molecule has 0 radical (unpaired) electrons. The Bertz CT molecular complexity index is 1760. The van der Waals surface area contributed by atoms with Gasteiger partial charge < -0.3 is 23.8 Å². The highest BCUT2D eigenvalue weighted by Crippen LogP contribution is 2.39. The second-order valence-electron chi connectivity index (χ2n) is 13.4. The summed E-state index contributed by atoms with van der Waals surface area (Å²) in [6.07, 6.45) is 4.57. The Morgan fingerprint density at radius 1 is 1.07 bits per heavy atom. The number of hydrogen-bond donors (Lipinski definition) is 0. The maximum absolute atomic E-state index is 13.4. The Morgan fingerprint density at radius 2 is 1.80 bits per heavy atom. The van der Waals surface area contributed by atoms with Crippen LogP contribution >= 0.6 is 0 Å². The number of nitrogens with zero attached hydrogens (tertiary/aromatic N) is 4. The lowest BCUT2D eigenvalue weighted by Crippen LogP contribution is -2.45. The van der Waals surface area contributed by atoms with Crippen LogP contribution in [0.3, 0.4) is 0 Å². The van der Waals surface area contributed by atoms with Crippen molar-refractivity contribution < 1.29 is 23.7 Å². The number of rotatable bonds is 3. The summed E-state index contributed by atoms with van der Waals surface area (Å²) >= 11 is 0. The number of carbonyl (C=O) groups excluding carboxylic acids is 1. The largest absolute Gasteiger partial charge is 0.486 e. The van der Waals surface area contributed by atoms with Crippen LogP contribution in [-0.2, 0) is 19.0 Å². The number of anilines is 1. The summed E-state index contributed by atoms with van der Waals surface area (Å²) < 4.78 is 26.4. The molecule has 1 saturated heterocycles. The smallest absolute Gasteiger partial charge is 0.339 e. The number of carbonyl (C=O) groups is 1. The molecule has 4 aromatic rings. The zero-order valence-electron chi connectivity index (χ0n) is 27.9. The summed E-state index contributed by atoms with van der Waals surface area (Å²) in [5.74, 6) is 1.12. The van der Waals surface area contributed by atoms with E-state index in [0.29, 0.717) is 36.6 Å². The van der Waals surface area contributed by atoms with Crippen LogP contribution in [0.2, 0.25) is 0 Å². The first kappa shape index (κ1) is 31.8. The lowest BCUT2D eigenvalue weighted by atomic mass is 9.92. The zero-order valence-corrected chi connectivity index (χ0v) is 27.9. The Balaban J connectivity index is 1.56. The number of methoxy groups -OCH3 is 1. The molecular weight excluding hydrogens is 580 g/mol. The predicted octanol–water partition coefficient (Wildman–Crippen LogP) is 7.11. The second-order valence-corrected chi connectivity index (χ2v) is 13.4. The van der Waals surface area contributed by atoms with Gasteiger partial charge in [-0.2, -0.15) is 9.61 Å². The predicted molar refractivity (Wildman–Crippen MR) is 179 cm³/mol. The third-order valence-corrected chi connectivity index (χ3v) is 8.68. The van der Waals surface area contributed by atoms with E-state index in [1.807, 2.05) is 75.5 Å². The van der Waals surface area contributed by atoms with Gasteiger partial charge in [0.2, 0.25) is 0 Å². The molecule has 7 rings (SSSR count). The molecule has 0 spiro atoms. The fraction of sp³-hybridized carbons (Fsp3) is 0.432. The fourth-order valence-electron chi connectivity index (χ4n) is 6.28. The summed E-state index contributed by atoms with van der Waals surface area (Å²) in [6, 6.07) is 18.4. The molecule has 5 heterocycles. The molecule has 9 heteroatoms. The monoisotopic (exact) mass is 624 g/mol. The van der Waals surface area contributed by atoms with Gasteiger partial charge >= 0.3 is 5.97 Å². The average Bonchev–Trinajstić information content (AvgIpc) is 3.45. The van der Waals surface area contributed by atoms with Crippen molar-refractivity contribution in [2.24, 2.45) is 0 Å². The molecule has 0 aliphatic carbocycles. The number of aryl methyl sites for hydroxylation is 1. The van der Waals surface area contributed by atoms with E-state index in [1.54, 1.807) is 0 Å². The molecule has 1 fully saturated rings. The van der Waals surface area contributed by atoms with Gasteiger partial charge in [0.1, 0.15) is 17.7 Å². The van der Waals surface area contributed by atoms with Crippen molar-refractivity contribution >= 4 is 17.4 Å².